The van der Waals surface area contributed by atoms with Crippen LogP contribution in [0, 0.1) is 0 Å². The first-order valence-electron chi connectivity index (χ1n) is 5.52. The van der Waals surface area contributed by atoms with Crippen LogP contribution >= 0.6 is 23.8 Å². The fraction of sp³-hybridized carbons (Fsp3) is 0.273. The van der Waals surface area contributed by atoms with E-state index in [-0.39, 0.29) is 14.9 Å². The molecule has 0 spiro atoms. The van der Waals surface area contributed by atoms with Crippen LogP contribution in [0.3, 0.4) is 0 Å². The number of hydrogen-bond donors (Lipinski definition) is 3. The lowest BCUT2D eigenvalue weighted by Gasteiger charge is -2.13. The Morgan fingerprint density at radius 2 is 2.05 bits per heavy atom. The Bertz CT molecular complexity index is 646. The van der Waals surface area contributed by atoms with Gasteiger partial charge < -0.3 is 11.1 Å². The summed E-state index contributed by atoms with van der Waals surface area (Å²) in [5, 5.41) is 2.48. The molecular formula is C11H14ClN3O3S2. The van der Waals surface area contributed by atoms with E-state index in [2.05, 4.69) is 10.0 Å². The van der Waals surface area contributed by atoms with Gasteiger partial charge in [-0.25, -0.2) is 8.42 Å². The van der Waals surface area contributed by atoms with Crippen LogP contribution in [0.15, 0.2) is 23.1 Å². The van der Waals surface area contributed by atoms with Gasteiger partial charge in [0.2, 0.25) is 15.9 Å². The zero-order chi connectivity index (χ0) is 15.5. The highest BCUT2D eigenvalue weighted by molar-refractivity contribution is 7.89. The molecule has 9 heteroatoms. The van der Waals surface area contributed by atoms with Gasteiger partial charge in [0.1, 0.15) is 4.99 Å². The molecule has 0 aliphatic rings. The number of nitrogens with two attached hydrogens (primary N) is 1. The maximum atomic E-state index is 12.1. The number of benzene rings is 1. The summed E-state index contributed by atoms with van der Waals surface area (Å²) in [4.78, 5) is 11.3. The molecule has 110 valence electrons. The number of halogens is 1. The van der Waals surface area contributed by atoms with Gasteiger partial charge in [0, 0.05) is 12.6 Å². The van der Waals surface area contributed by atoms with Gasteiger partial charge in [-0.2, -0.15) is 4.72 Å². The maximum absolute atomic E-state index is 12.1. The maximum Gasteiger partial charge on any atom is 0.241 e. The summed E-state index contributed by atoms with van der Waals surface area (Å²) in [6.45, 7) is 1.43. The summed E-state index contributed by atoms with van der Waals surface area (Å²) in [5.41, 5.74) is 5.83. The second kappa shape index (κ2) is 6.49. The van der Waals surface area contributed by atoms with Crippen LogP contribution in [0.1, 0.15) is 12.5 Å². The molecule has 0 aliphatic heterocycles. The Hall–Kier alpha value is -1.22. The van der Waals surface area contributed by atoms with E-state index < -0.39 is 22.0 Å². The van der Waals surface area contributed by atoms with E-state index in [1.165, 1.54) is 32.2 Å². The highest BCUT2D eigenvalue weighted by atomic mass is 35.5. The van der Waals surface area contributed by atoms with Crippen molar-refractivity contribution in [2.24, 2.45) is 5.73 Å². The van der Waals surface area contributed by atoms with E-state index in [9.17, 15) is 13.2 Å². The molecule has 0 saturated heterocycles. The summed E-state index contributed by atoms with van der Waals surface area (Å²) in [6.07, 6.45) is 0. The first kappa shape index (κ1) is 16.8. The van der Waals surface area contributed by atoms with Crippen molar-refractivity contribution in [3.05, 3.63) is 28.8 Å². The zero-order valence-electron chi connectivity index (χ0n) is 10.8. The first-order chi connectivity index (χ1) is 9.19. The molecule has 0 saturated carbocycles. The molecule has 0 fully saturated rings. The molecule has 0 bridgehead atoms. The molecule has 0 heterocycles. The number of sulfonamides is 1. The second-order valence-electron chi connectivity index (χ2n) is 3.96. The van der Waals surface area contributed by atoms with Gasteiger partial charge in [0.05, 0.1) is 16.0 Å². The number of rotatable bonds is 5. The lowest BCUT2D eigenvalue weighted by atomic mass is 10.2. The Labute approximate surface area is 127 Å². The van der Waals surface area contributed by atoms with E-state index >= 15 is 0 Å². The molecule has 1 aromatic rings. The third kappa shape index (κ3) is 3.89. The van der Waals surface area contributed by atoms with Crippen molar-refractivity contribution in [2.45, 2.75) is 17.9 Å². The lowest BCUT2D eigenvalue weighted by molar-refractivity contribution is -0.121. The topological polar surface area (TPSA) is 101 Å². The third-order valence-corrected chi connectivity index (χ3v) is 4.56. The average molecular weight is 336 g/mol. The molecule has 0 aromatic heterocycles. The molecule has 1 aromatic carbocycles. The van der Waals surface area contributed by atoms with Crippen LogP contribution < -0.4 is 15.8 Å². The van der Waals surface area contributed by atoms with Crippen molar-refractivity contribution in [1.82, 2.24) is 10.0 Å². The largest absolute Gasteiger partial charge is 0.389 e. The Morgan fingerprint density at radius 3 is 2.50 bits per heavy atom. The van der Waals surface area contributed by atoms with Crippen molar-refractivity contribution in [1.29, 1.82) is 0 Å². The molecule has 1 amide bonds. The van der Waals surface area contributed by atoms with Gasteiger partial charge in [0.25, 0.3) is 0 Å². The molecule has 20 heavy (non-hydrogen) atoms. The molecule has 1 atom stereocenters. The first-order valence-corrected chi connectivity index (χ1v) is 7.79. The van der Waals surface area contributed by atoms with Gasteiger partial charge in [-0.1, -0.05) is 23.8 Å². The van der Waals surface area contributed by atoms with Gasteiger partial charge in [0.15, 0.2) is 0 Å². The normalized spacial score (nSPS) is 12.8. The van der Waals surface area contributed by atoms with Crippen molar-refractivity contribution in [2.75, 3.05) is 7.05 Å². The van der Waals surface area contributed by atoms with E-state index in [1.807, 2.05) is 0 Å². The molecule has 4 N–H and O–H groups in total. The molecule has 0 radical (unpaired) electrons. The van der Waals surface area contributed by atoms with E-state index in [0.717, 1.165) is 0 Å². The lowest BCUT2D eigenvalue weighted by Crippen LogP contribution is -2.43. The van der Waals surface area contributed by atoms with Gasteiger partial charge >= 0.3 is 0 Å². The number of amides is 1. The molecule has 1 rings (SSSR count). The second-order valence-corrected chi connectivity index (χ2v) is 6.52. The van der Waals surface area contributed by atoms with Crippen molar-refractivity contribution in [3.8, 4) is 0 Å². The smallest absolute Gasteiger partial charge is 0.241 e. The van der Waals surface area contributed by atoms with Gasteiger partial charge in [-0.3, -0.25) is 4.79 Å². The molecular weight excluding hydrogens is 322 g/mol. The van der Waals surface area contributed by atoms with Crippen molar-refractivity contribution >= 4 is 44.7 Å². The van der Waals surface area contributed by atoms with E-state index in [0.29, 0.717) is 5.56 Å². The van der Waals surface area contributed by atoms with E-state index in [4.69, 9.17) is 29.6 Å². The summed E-state index contributed by atoms with van der Waals surface area (Å²) in [6, 6.07) is 3.07. The predicted molar refractivity (Wildman–Crippen MR) is 81.2 cm³/mol. The van der Waals surface area contributed by atoms with Crippen LogP contribution in [0.4, 0.5) is 0 Å². The van der Waals surface area contributed by atoms with Crippen molar-refractivity contribution < 1.29 is 13.2 Å². The Balaban J connectivity index is 3.08. The fourth-order valence-electron chi connectivity index (χ4n) is 1.43. The summed E-state index contributed by atoms with van der Waals surface area (Å²) in [7, 11) is -2.44. The summed E-state index contributed by atoms with van der Waals surface area (Å²) < 4.78 is 26.4. The highest BCUT2D eigenvalue weighted by Gasteiger charge is 2.22. The van der Waals surface area contributed by atoms with E-state index in [1.54, 1.807) is 0 Å². The predicted octanol–water partition coefficient (Wildman–Crippen LogP) is 0.387. The zero-order valence-corrected chi connectivity index (χ0v) is 13.2. The molecule has 6 nitrogen and oxygen atoms in total. The van der Waals surface area contributed by atoms with Gasteiger partial charge in [-0.05, 0) is 25.1 Å². The Morgan fingerprint density at radius 1 is 1.45 bits per heavy atom. The standard InChI is InChI=1S/C11H14ClN3O3S2/c1-6(11(16)14-2)15-20(17,18)7-3-4-8(10(13)19)9(12)5-7/h3-6,15H,1-2H3,(H2,13,19)(H,14,16). The minimum Gasteiger partial charge on any atom is -0.389 e. The van der Waals surface area contributed by atoms with Crippen molar-refractivity contribution in [3.63, 3.8) is 0 Å². The fourth-order valence-corrected chi connectivity index (χ4v) is 3.24. The number of likely N-dealkylation sites (N-methyl/N-ethyl adjacent to an activating group) is 1. The highest BCUT2D eigenvalue weighted by Crippen LogP contribution is 2.21. The molecule has 1 unspecified atom stereocenters. The van der Waals surface area contributed by atoms with Crippen LogP contribution in [-0.4, -0.2) is 32.4 Å². The number of nitrogens with one attached hydrogen (secondary N) is 2. The van der Waals surface area contributed by atoms with Crippen LogP contribution in [0.5, 0.6) is 0 Å². The molecule has 0 aliphatic carbocycles. The SMILES string of the molecule is CNC(=O)C(C)NS(=O)(=O)c1ccc(C(N)=S)c(Cl)c1. The number of thiocarbonyl (C=S) groups is 1. The average Bonchev–Trinajstić information content (AvgIpc) is 2.36. The minimum absolute atomic E-state index is 0.0711. The third-order valence-electron chi connectivity index (χ3n) is 2.49. The quantitative estimate of drug-likeness (QED) is 0.676. The van der Waals surface area contributed by atoms with Crippen LogP contribution in [-0.2, 0) is 14.8 Å². The monoisotopic (exact) mass is 335 g/mol. The summed E-state index contributed by atoms with van der Waals surface area (Å²) in [5.74, 6) is -0.445. The number of hydrogen-bond acceptors (Lipinski definition) is 4. The van der Waals surface area contributed by atoms with Crippen LogP contribution in [0.25, 0.3) is 0 Å². The minimum atomic E-state index is -3.86. The number of carbonyl (C=O) groups excluding carboxylic acids is 1. The van der Waals surface area contributed by atoms with Gasteiger partial charge in [-0.15, -0.1) is 0 Å². The Kier molecular flexibility index (Phi) is 5.46. The van der Waals surface area contributed by atoms with Crippen LogP contribution in [0.2, 0.25) is 5.02 Å². The summed E-state index contributed by atoms with van der Waals surface area (Å²) >= 11 is 10.7. The number of carbonyl (C=O) groups is 1.